The highest BCUT2D eigenvalue weighted by Gasteiger charge is 2.59. The van der Waals surface area contributed by atoms with Crippen molar-refractivity contribution in [2.75, 3.05) is 18.5 Å². The quantitative estimate of drug-likeness (QED) is 0.317. The summed E-state index contributed by atoms with van der Waals surface area (Å²) in [5.74, 6) is -0.598. The zero-order chi connectivity index (χ0) is 25.1. The third-order valence-corrected chi connectivity index (χ3v) is 5.10. The maximum Gasteiger partial charge on any atom is 0.482 e. The van der Waals surface area contributed by atoms with Crippen LogP contribution < -0.4 is 21.7 Å². The number of hydrogen-bond donors (Lipinski definition) is 4. The second-order valence-electron chi connectivity index (χ2n) is 7.75. The molecule has 1 atom stereocenters. The van der Waals surface area contributed by atoms with E-state index in [0.717, 1.165) is 17.4 Å². The van der Waals surface area contributed by atoms with Crippen molar-refractivity contribution in [1.29, 1.82) is 0 Å². The van der Waals surface area contributed by atoms with Crippen LogP contribution >= 0.6 is 0 Å². The fourth-order valence-corrected chi connectivity index (χ4v) is 3.26. The van der Waals surface area contributed by atoms with Crippen LogP contribution in [-0.2, 0) is 9.53 Å². The number of ether oxygens (including phenoxy) is 1. The molecule has 0 aliphatic heterocycles. The summed E-state index contributed by atoms with van der Waals surface area (Å²) in [6.45, 7) is -1.71. The van der Waals surface area contributed by atoms with Crippen molar-refractivity contribution in [3.8, 4) is 0 Å². The van der Waals surface area contributed by atoms with E-state index in [-0.39, 0.29) is 18.0 Å². The van der Waals surface area contributed by atoms with E-state index >= 15 is 0 Å². The number of primary amides is 1. The monoisotopic (exact) mass is 491 g/mol. The van der Waals surface area contributed by atoms with E-state index in [1.54, 1.807) is 24.3 Å². The number of nitrogens with one attached hydrogen (secondary N) is 3. The van der Waals surface area contributed by atoms with Crippen LogP contribution in [-0.4, -0.2) is 54.0 Å². The Labute approximate surface area is 189 Å². The van der Waals surface area contributed by atoms with Gasteiger partial charge in [0.05, 0.1) is 17.8 Å². The number of urea groups is 1. The Morgan fingerprint density at radius 1 is 1.15 bits per heavy atom. The van der Waals surface area contributed by atoms with Gasteiger partial charge in [0, 0.05) is 18.1 Å². The van der Waals surface area contributed by atoms with Gasteiger partial charge in [0.2, 0.25) is 5.91 Å². The number of para-hydroxylation sites is 1. The fraction of sp³-hybridized carbons (Fsp3) is 0.450. The Hall–Kier alpha value is -3.42. The molecule has 0 radical (unpaired) electrons. The smallest absolute Gasteiger partial charge is 0.352 e. The van der Waals surface area contributed by atoms with Gasteiger partial charge in [-0.15, -0.1) is 0 Å². The van der Waals surface area contributed by atoms with Gasteiger partial charge in [-0.2, -0.15) is 22.0 Å². The van der Waals surface area contributed by atoms with E-state index in [1.165, 1.54) is 6.20 Å². The molecule has 9 nitrogen and oxygen atoms in total. The van der Waals surface area contributed by atoms with Crippen LogP contribution in [0.25, 0.3) is 10.9 Å². The highest BCUT2D eigenvalue weighted by Crippen LogP contribution is 2.36. The lowest BCUT2D eigenvalue weighted by molar-refractivity contribution is -0.390. The average Bonchev–Trinajstić information content (AvgIpc) is 3.49. The molecule has 186 valence electrons. The number of carbonyl (C=O) groups excluding carboxylic acids is 3. The third-order valence-electron chi connectivity index (χ3n) is 5.10. The number of aromatic nitrogens is 1. The maximum atomic E-state index is 12.8. The molecule has 1 aliphatic carbocycles. The van der Waals surface area contributed by atoms with Gasteiger partial charge >= 0.3 is 24.3 Å². The van der Waals surface area contributed by atoms with Crippen molar-refractivity contribution in [2.45, 2.75) is 37.6 Å². The number of amides is 4. The molecular formula is C20H22F5N5O4. The van der Waals surface area contributed by atoms with E-state index in [0.29, 0.717) is 10.9 Å². The molecule has 0 unspecified atom stereocenters. The first-order chi connectivity index (χ1) is 15.9. The number of nitrogens with two attached hydrogens (primary N) is 1. The second kappa shape index (κ2) is 9.83. The lowest BCUT2D eigenvalue weighted by Crippen LogP contribution is -2.49. The molecule has 1 heterocycles. The number of fused-ring (bicyclic) bond motifs is 1. The normalized spacial score (nSPS) is 15.1. The van der Waals surface area contributed by atoms with Crippen molar-refractivity contribution < 1.29 is 41.1 Å². The second-order valence-corrected chi connectivity index (χ2v) is 7.75. The van der Waals surface area contributed by atoms with Crippen LogP contribution in [0.1, 0.15) is 19.3 Å². The Morgan fingerprint density at radius 2 is 1.82 bits per heavy atom. The molecule has 2 aromatic rings. The van der Waals surface area contributed by atoms with Crippen LogP contribution in [0.5, 0.6) is 0 Å². The van der Waals surface area contributed by atoms with Gasteiger partial charge in [0.25, 0.3) is 0 Å². The van der Waals surface area contributed by atoms with Gasteiger partial charge in [0.15, 0.2) is 0 Å². The minimum atomic E-state index is -5.87. The number of halogens is 5. The van der Waals surface area contributed by atoms with Crippen LogP contribution in [0, 0.1) is 5.92 Å². The molecule has 34 heavy (non-hydrogen) atoms. The molecule has 0 saturated heterocycles. The van der Waals surface area contributed by atoms with Crippen LogP contribution in [0.4, 0.5) is 37.2 Å². The molecule has 0 bridgehead atoms. The molecule has 5 N–H and O–H groups in total. The Morgan fingerprint density at radius 3 is 2.44 bits per heavy atom. The molecular weight excluding hydrogens is 469 g/mol. The van der Waals surface area contributed by atoms with E-state index < -0.39 is 49.4 Å². The maximum absolute atomic E-state index is 12.8. The zero-order valence-electron chi connectivity index (χ0n) is 17.6. The van der Waals surface area contributed by atoms with Crippen LogP contribution in [0.3, 0.4) is 0 Å². The number of hydrogen-bond acceptors (Lipinski definition) is 4. The van der Waals surface area contributed by atoms with Crippen LogP contribution in [0.2, 0.25) is 0 Å². The molecule has 14 heteroatoms. The molecule has 1 aromatic carbocycles. The highest BCUT2D eigenvalue weighted by atomic mass is 19.4. The van der Waals surface area contributed by atoms with Crippen LogP contribution in [0.15, 0.2) is 30.5 Å². The summed E-state index contributed by atoms with van der Waals surface area (Å²) in [4.78, 5) is 36.6. The van der Waals surface area contributed by atoms with E-state index in [1.807, 2.05) is 0 Å². The van der Waals surface area contributed by atoms with Gasteiger partial charge in [-0.25, -0.2) is 9.59 Å². The topological polar surface area (TPSA) is 127 Å². The summed E-state index contributed by atoms with van der Waals surface area (Å²) < 4.78 is 66.6. The summed E-state index contributed by atoms with van der Waals surface area (Å²) in [5, 5.41) is 7.70. The predicted molar refractivity (Wildman–Crippen MR) is 110 cm³/mol. The third kappa shape index (κ3) is 6.12. The van der Waals surface area contributed by atoms with Gasteiger partial charge in [0.1, 0.15) is 6.04 Å². The van der Waals surface area contributed by atoms with Gasteiger partial charge in [-0.05, 0) is 18.4 Å². The van der Waals surface area contributed by atoms with Gasteiger partial charge in [-0.3, -0.25) is 9.36 Å². The summed E-state index contributed by atoms with van der Waals surface area (Å²) in [6.07, 6.45) is -7.97. The molecule has 1 aliphatic rings. The zero-order valence-corrected chi connectivity index (χ0v) is 17.6. The van der Waals surface area contributed by atoms with Gasteiger partial charge in [-0.1, -0.05) is 31.0 Å². The van der Waals surface area contributed by atoms with Crippen molar-refractivity contribution in [3.63, 3.8) is 0 Å². The average molecular weight is 491 g/mol. The Kier molecular flexibility index (Phi) is 7.29. The minimum absolute atomic E-state index is 0.165. The standard InChI is InChI=1S/C20H22F5N5O4/c21-19(22,23)20(24,25)34-8-7-27-16(31)13(9-11-5-6-11)28-18(33)29-14-10-30(17(26)32)15-4-2-1-3-12(14)15/h1-4,10-11,13H,5-9H2,(H2,26,32)(H,27,31)(H2,28,29,33)/t13-/m0/s1. The number of carbonyl (C=O) groups is 3. The largest absolute Gasteiger partial charge is 0.482 e. The Bertz CT molecular complexity index is 1070. The fourth-order valence-electron chi connectivity index (χ4n) is 3.26. The molecule has 1 aromatic heterocycles. The summed E-state index contributed by atoms with van der Waals surface area (Å²) in [5.41, 5.74) is 6.04. The first-order valence-electron chi connectivity index (χ1n) is 10.2. The van der Waals surface area contributed by atoms with Gasteiger partial charge < -0.3 is 26.4 Å². The first kappa shape index (κ1) is 25.2. The summed E-state index contributed by atoms with van der Waals surface area (Å²) in [6, 6.07) is 4.01. The number of benzene rings is 1. The minimum Gasteiger partial charge on any atom is -0.352 e. The molecule has 1 fully saturated rings. The molecule has 0 spiro atoms. The number of nitrogens with zero attached hydrogens (tertiary/aromatic N) is 1. The summed E-state index contributed by atoms with van der Waals surface area (Å²) in [7, 11) is 0. The van der Waals surface area contributed by atoms with Crippen molar-refractivity contribution in [2.24, 2.45) is 11.7 Å². The SMILES string of the molecule is NC(=O)n1cc(NC(=O)N[C@@H](CC2CC2)C(=O)NCCOC(F)(F)C(F)(F)F)c2ccccc21. The van der Waals surface area contributed by atoms with Crippen molar-refractivity contribution in [1.82, 2.24) is 15.2 Å². The lowest BCUT2D eigenvalue weighted by atomic mass is 10.1. The van der Waals surface area contributed by atoms with E-state index in [4.69, 9.17) is 5.73 Å². The van der Waals surface area contributed by atoms with Crippen molar-refractivity contribution in [3.05, 3.63) is 30.5 Å². The molecule has 1 saturated carbocycles. The Balaban J connectivity index is 1.60. The van der Waals surface area contributed by atoms with E-state index in [9.17, 15) is 36.3 Å². The van der Waals surface area contributed by atoms with E-state index in [2.05, 4.69) is 20.7 Å². The van der Waals surface area contributed by atoms with Crippen molar-refractivity contribution >= 4 is 34.6 Å². The molecule has 4 amide bonds. The summed E-state index contributed by atoms with van der Waals surface area (Å²) >= 11 is 0. The number of rotatable bonds is 9. The number of anilines is 1. The predicted octanol–water partition coefficient (Wildman–Crippen LogP) is 3.15. The molecule has 3 rings (SSSR count). The lowest BCUT2D eigenvalue weighted by Gasteiger charge is -2.21. The first-order valence-corrected chi connectivity index (χ1v) is 10.2. The number of alkyl halides is 5. The highest BCUT2D eigenvalue weighted by molar-refractivity contribution is 6.05.